The molecular weight excluding hydrogens is 218 g/mol. The number of amides is 1. The summed E-state index contributed by atoms with van der Waals surface area (Å²) in [4.78, 5) is 15.1. The van der Waals surface area contributed by atoms with Crippen LogP contribution in [-0.2, 0) is 4.79 Å². The fourth-order valence-corrected chi connectivity index (χ4v) is 1.85. The van der Waals surface area contributed by atoms with Gasteiger partial charge in [0.1, 0.15) is 13.1 Å². The van der Waals surface area contributed by atoms with E-state index in [1.165, 1.54) is 19.3 Å². The zero-order valence-corrected chi connectivity index (χ0v) is 9.91. The average molecular weight is 237 g/mol. The van der Waals surface area contributed by atoms with Gasteiger partial charge >= 0.3 is 0 Å². The lowest BCUT2D eigenvalue weighted by Crippen LogP contribution is -2.41. The molecule has 6 heteroatoms. The largest absolute Gasteiger partial charge is 0.370 e. The maximum absolute atomic E-state index is 11.1. The van der Waals surface area contributed by atoms with Gasteiger partial charge in [0.25, 0.3) is 0 Å². The van der Waals surface area contributed by atoms with E-state index in [1.807, 2.05) is 6.07 Å². The molecular formula is C11H19N5O. The van der Waals surface area contributed by atoms with Gasteiger partial charge in [-0.2, -0.15) is 5.26 Å². The first-order valence-electron chi connectivity index (χ1n) is 5.92. The van der Waals surface area contributed by atoms with Crippen LogP contribution >= 0.6 is 0 Å². The molecule has 0 aromatic carbocycles. The van der Waals surface area contributed by atoms with E-state index < -0.39 is 0 Å². The summed E-state index contributed by atoms with van der Waals surface area (Å²) >= 11 is 0. The Morgan fingerprint density at radius 1 is 1.41 bits per heavy atom. The van der Waals surface area contributed by atoms with Gasteiger partial charge in [-0.05, 0) is 12.8 Å². The molecule has 0 spiro atoms. The van der Waals surface area contributed by atoms with Gasteiger partial charge in [0.05, 0.1) is 6.07 Å². The molecule has 0 radical (unpaired) electrons. The van der Waals surface area contributed by atoms with E-state index in [4.69, 9.17) is 11.0 Å². The first-order valence-corrected chi connectivity index (χ1v) is 5.92. The van der Waals surface area contributed by atoms with Crippen LogP contribution in [0.1, 0.15) is 32.1 Å². The van der Waals surface area contributed by atoms with E-state index in [-0.39, 0.29) is 19.0 Å². The number of nitrogens with one attached hydrogen (secondary N) is 2. The lowest BCUT2D eigenvalue weighted by Gasteiger charge is -2.23. The standard InChI is InChI=1S/C11H19N5O/c12-6-7-14-10(17)8-15-11(13)16-9-4-2-1-3-5-9/h9H,1-5,7-8H2,(H,14,17)(H3,13,15,16). The molecule has 0 bridgehead atoms. The topological polar surface area (TPSA) is 103 Å². The number of hydrogen-bond acceptors (Lipinski definition) is 3. The lowest BCUT2D eigenvalue weighted by molar-refractivity contribution is -0.119. The molecule has 1 aliphatic carbocycles. The normalized spacial score (nSPS) is 17.2. The van der Waals surface area contributed by atoms with Crippen molar-refractivity contribution in [2.75, 3.05) is 13.1 Å². The van der Waals surface area contributed by atoms with Crippen molar-refractivity contribution < 1.29 is 4.79 Å². The van der Waals surface area contributed by atoms with Gasteiger partial charge in [-0.15, -0.1) is 0 Å². The predicted octanol–water partition coefficient (Wildman–Crippen LogP) is -0.137. The Morgan fingerprint density at radius 2 is 2.12 bits per heavy atom. The highest BCUT2D eigenvalue weighted by Gasteiger charge is 2.13. The Bertz CT molecular complexity index is 314. The van der Waals surface area contributed by atoms with Gasteiger partial charge in [-0.1, -0.05) is 19.3 Å². The van der Waals surface area contributed by atoms with Crippen LogP contribution in [0.5, 0.6) is 0 Å². The van der Waals surface area contributed by atoms with E-state index in [0.29, 0.717) is 12.0 Å². The molecule has 0 aliphatic heterocycles. The number of guanidine groups is 1. The maximum atomic E-state index is 11.1. The van der Waals surface area contributed by atoms with E-state index in [2.05, 4.69) is 15.6 Å². The highest BCUT2D eigenvalue weighted by atomic mass is 16.1. The molecule has 0 heterocycles. The van der Waals surface area contributed by atoms with Gasteiger partial charge in [-0.3, -0.25) is 4.79 Å². The van der Waals surface area contributed by atoms with E-state index in [9.17, 15) is 4.79 Å². The van der Waals surface area contributed by atoms with Crippen LogP contribution in [0.2, 0.25) is 0 Å². The van der Waals surface area contributed by atoms with Gasteiger partial charge in [-0.25, -0.2) is 4.99 Å². The Labute approximate surface area is 101 Å². The molecule has 0 atom stereocenters. The SMILES string of the molecule is N#CCNC(=O)CN=C(N)NC1CCCCC1. The molecule has 0 unspecified atom stereocenters. The molecule has 0 saturated heterocycles. The molecule has 1 rings (SSSR count). The Morgan fingerprint density at radius 3 is 2.76 bits per heavy atom. The van der Waals surface area contributed by atoms with E-state index in [1.54, 1.807) is 0 Å². The van der Waals surface area contributed by atoms with Crippen molar-refractivity contribution >= 4 is 11.9 Å². The van der Waals surface area contributed by atoms with Gasteiger partial charge in [0, 0.05) is 6.04 Å². The molecule has 6 nitrogen and oxygen atoms in total. The number of hydrogen-bond donors (Lipinski definition) is 3. The third-order valence-electron chi connectivity index (χ3n) is 2.71. The Hall–Kier alpha value is -1.77. The van der Waals surface area contributed by atoms with Crippen LogP contribution in [-0.4, -0.2) is 31.0 Å². The molecule has 94 valence electrons. The minimum atomic E-state index is -0.292. The summed E-state index contributed by atoms with van der Waals surface area (Å²) in [6, 6.07) is 2.21. The van der Waals surface area contributed by atoms with Gasteiger partial charge < -0.3 is 16.4 Å². The van der Waals surface area contributed by atoms with Crippen LogP contribution in [0.3, 0.4) is 0 Å². The summed E-state index contributed by atoms with van der Waals surface area (Å²) in [6.07, 6.45) is 5.93. The summed E-state index contributed by atoms with van der Waals surface area (Å²) < 4.78 is 0. The van der Waals surface area contributed by atoms with Crippen molar-refractivity contribution in [1.29, 1.82) is 5.26 Å². The summed E-state index contributed by atoms with van der Waals surface area (Å²) in [7, 11) is 0. The molecule has 17 heavy (non-hydrogen) atoms. The van der Waals surface area contributed by atoms with Crippen molar-refractivity contribution in [3.05, 3.63) is 0 Å². The summed E-state index contributed by atoms with van der Waals surface area (Å²) in [5, 5.41) is 13.8. The Kier molecular flexibility index (Phi) is 5.86. The molecule has 0 aromatic rings. The minimum absolute atomic E-state index is 0.00428. The maximum Gasteiger partial charge on any atom is 0.242 e. The minimum Gasteiger partial charge on any atom is -0.370 e. The molecule has 1 fully saturated rings. The smallest absolute Gasteiger partial charge is 0.242 e. The number of carbonyl (C=O) groups excluding carboxylic acids is 1. The number of nitrogens with two attached hydrogens (primary N) is 1. The molecule has 1 saturated carbocycles. The molecule has 1 amide bonds. The van der Waals surface area contributed by atoms with Crippen LogP contribution in [0.4, 0.5) is 0 Å². The van der Waals surface area contributed by atoms with Crippen LogP contribution in [0.25, 0.3) is 0 Å². The molecule has 0 aromatic heterocycles. The van der Waals surface area contributed by atoms with Crippen molar-refractivity contribution in [2.24, 2.45) is 10.7 Å². The lowest BCUT2D eigenvalue weighted by atomic mass is 9.96. The number of carbonyl (C=O) groups is 1. The van der Waals surface area contributed by atoms with Crippen LogP contribution in [0.15, 0.2) is 4.99 Å². The summed E-state index contributed by atoms with van der Waals surface area (Å²) in [6.45, 7) is -0.0302. The fourth-order valence-electron chi connectivity index (χ4n) is 1.85. The van der Waals surface area contributed by atoms with Crippen LogP contribution < -0.4 is 16.4 Å². The molecule has 4 N–H and O–H groups in total. The monoisotopic (exact) mass is 237 g/mol. The van der Waals surface area contributed by atoms with E-state index >= 15 is 0 Å². The highest BCUT2D eigenvalue weighted by molar-refractivity contribution is 5.84. The summed E-state index contributed by atoms with van der Waals surface area (Å²) in [5.74, 6) is 0.0175. The van der Waals surface area contributed by atoms with Crippen molar-refractivity contribution in [1.82, 2.24) is 10.6 Å². The second-order valence-corrected chi connectivity index (χ2v) is 4.12. The second-order valence-electron chi connectivity index (χ2n) is 4.12. The number of nitrogens with zero attached hydrogens (tertiary/aromatic N) is 2. The van der Waals surface area contributed by atoms with Crippen LogP contribution in [0, 0.1) is 11.3 Å². The van der Waals surface area contributed by atoms with Crippen molar-refractivity contribution in [2.45, 2.75) is 38.1 Å². The highest BCUT2D eigenvalue weighted by Crippen LogP contribution is 2.16. The zero-order chi connectivity index (χ0) is 12.5. The first kappa shape index (κ1) is 13.3. The third-order valence-corrected chi connectivity index (χ3v) is 2.71. The number of nitriles is 1. The summed E-state index contributed by atoms with van der Waals surface area (Å²) in [5.41, 5.74) is 5.68. The third kappa shape index (κ3) is 5.76. The van der Waals surface area contributed by atoms with Gasteiger partial charge in [0.2, 0.25) is 5.91 Å². The quantitative estimate of drug-likeness (QED) is 0.360. The first-order chi connectivity index (χ1) is 8.22. The fraction of sp³-hybridized carbons (Fsp3) is 0.727. The number of rotatable bonds is 4. The number of aliphatic imine (C=N–C) groups is 1. The van der Waals surface area contributed by atoms with Crippen molar-refractivity contribution in [3.8, 4) is 6.07 Å². The molecule has 1 aliphatic rings. The zero-order valence-electron chi connectivity index (χ0n) is 9.91. The van der Waals surface area contributed by atoms with Crippen molar-refractivity contribution in [3.63, 3.8) is 0 Å². The Balaban J connectivity index is 2.23. The average Bonchev–Trinajstić information content (AvgIpc) is 2.35. The predicted molar refractivity (Wildman–Crippen MR) is 65.1 cm³/mol. The van der Waals surface area contributed by atoms with Gasteiger partial charge in [0.15, 0.2) is 5.96 Å². The van der Waals surface area contributed by atoms with E-state index in [0.717, 1.165) is 12.8 Å². The second kappa shape index (κ2) is 7.49.